The third-order valence-corrected chi connectivity index (χ3v) is 3.12. The van der Waals surface area contributed by atoms with Crippen molar-refractivity contribution in [3.05, 3.63) is 29.8 Å². The highest BCUT2D eigenvalue weighted by Gasteiger charge is 2.17. The first-order chi connectivity index (χ1) is 7.77. The number of carbonyl (C=O) groups excluding carboxylic acids is 1. The van der Waals surface area contributed by atoms with E-state index in [4.69, 9.17) is 5.73 Å². The Kier molecular flexibility index (Phi) is 3.44. The number of hydrogen-bond acceptors (Lipinski definition) is 2. The molecule has 0 bridgehead atoms. The number of aryl methyl sites for hydroxylation is 1. The summed E-state index contributed by atoms with van der Waals surface area (Å²) in [6.07, 6.45) is 3.63. The Morgan fingerprint density at radius 1 is 1.25 bits per heavy atom. The Morgan fingerprint density at radius 2 is 1.94 bits per heavy atom. The molecule has 1 aliphatic heterocycles. The maximum atomic E-state index is 11.8. The van der Waals surface area contributed by atoms with Gasteiger partial charge in [-0.25, -0.2) is 0 Å². The van der Waals surface area contributed by atoms with E-state index in [1.165, 1.54) is 0 Å². The summed E-state index contributed by atoms with van der Waals surface area (Å²) >= 11 is 0. The molecule has 0 radical (unpaired) electrons. The third kappa shape index (κ3) is 2.54. The molecule has 0 spiro atoms. The molecule has 1 heterocycles. The van der Waals surface area contributed by atoms with Crippen molar-refractivity contribution in [3.8, 4) is 0 Å². The fraction of sp³-hybridized carbons (Fsp3) is 0.462. The minimum absolute atomic E-state index is 0.265. The monoisotopic (exact) mass is 218 g/mol. The molecule has 0 aromatic heterocycles. The van der Waals surface area contributed by atoms with Crippen molar-refractivity contribution in [2.75, 3.05) is 18.8 Å². The van der Waals surface area contributed by atoms with Crippen LogP contribution in [0.25, 0.3) is 0 Å². The number of hydrogen-bond donors (Lipinski definition) is 1. The second kappa shape index (κ2) is 5.01. The normalized spacial score (nSPS) is 15.4. The molecule has 2 rings (SSSR count). The van der Waals surface area contributed by atoms with Gasteiger partial charge in [-0.15, -0.1) is 0 Å². The van der Waals surface area contributed by atoms with Gasteiger partial charge in [-0.3, -0.25) is 4.79 Å². The number of anilines is 1. The van der Waals surface area contributed by atoms with E-state index in [1.54, 1.807) is 0 Å². The molecular formula is C13H18N2O. The van der Waals surface area contributed by atoms with Crippen molar-refractivity contribution in [2.24, 2.45) is 0 Å². The summed E-state index contributed by atoms with van der Waals surface area (Å²) in [5, 5.41) is 0. The van der Waals surface area contributed by atoms with Crippen molar-refractivity contribution in [2.45, 2.75) is 25.7 Å². The van der Waals surface area contributed by atoms with Gasteiger partial charge in [0.2, 0.25) is 5.91 Å². The van der Waals surface area contributed by atoms with Crippen LogP contribution >= 0.6 is 0 Å². The highest BCUT2D eigenvalue weighted by molar-refractivity contribution is 5.76. The summed E-state index contributed by atoms with van der Waals surface area (Å²) in [5.41, 5.74) is 7.70. The van der Waals surface area contributed by atoms with Gasteiger partial charge in [0.05, 0.1) is 0 Å². The van der Waals surface area contributed by atoms with Gasteiger partial charge in [0.15, 0.2) is 0 Å². The van der Waals surface area contributed by atoms with Gasteiger partial charge in [0.1, 0.15) is 0 Å². The summed E-state index contributed by atoms with van der Waals surface area (Å²) in [6, 6.07) is 7.76. The summed E-state index contributed by atoms with van der Waals surface area (Å²) in [6.45, 7) is 1.87. The van der Waals surface area contributed by atoms with Crippen molar-refractivity contribution in [3.63, 3.8) is 0 Å². The van der Waals surface area contributed by atoms with Crippen molar-refractivity contribution >= 4 is 11.6 Å². The van der Waals surface area contributed by atoms with Gasteiger partial charge in [-0.1, -0.05) is 18.2 Å². The molecule has 16 heavy (non-hydrogen) atoms. The first-order valence-corrected chi connectivity index (χ1v) is 5.88. The van der Waals surface area contributed by atoms with Gasteiger partial charge in [0.25, 0.3) is 0 Å². The molecule has 1 saturated heterocycles. The molecule has 0 unspecified atom stereocenters. The zero-order valence-electron chi connectivity index (χ0n) is 9.48. The number of likely N-dealkylation sites (tertiary alicyclic amines) is 1. The van der Waals surface area contributed by atoms with E-state index >= 15 is 0 Å². The summed E-state index contributed by atoms with van der Waals surface area (Å²) in [4.78, 5) is 13.8. The number of carbonyl (C=O) groups is 1. The van der Waals surface area contributed by atoms with Gasteiger partial charge >= 0.3 is 0 Å². The van der Waals surface area contributed by atoms with E-state index in [2.05, 4.69) is 0 Å². The van der Waals surface area contributed by atoms with E-state index in [0.29, 0.717) is 6.42 Å². The predicted octanol–water partition coefficient (Wildman–Crippen LogP) is 1.82. The average molecular weight is 218 g/mol. The van der Waals surface area contributed by atoms with E-state index < -0.39 is 0 Å². The maximum Gasteiger partial charge on any atom is 0.222 e. The number of amides is 1. The van der Waals surface area contributed by atoms with Crippen molar-refractivity contribution in [1.82, 2.24) is 4.90 Å². The molecule has 86 valence electrons. The minimum Gasteiger partial charge on any atom is -0.399 e. The average Bonchev–Trinajstić information content (AvgIpc) is 2.81. The van der Waals surface area contributed by atoms with Crippen LogP contribution in [-0.2, 0) is 11.2 Å². The van der Waals surface area contributed by atoms with Crippen molar-refractivity contribution in [1.29, 1.82) is 0 Å². The lowest BCUT2D eigenvalue weighted by atomic mass is 10.1. The number of nitrogen functional groups attached to an aromatic ring is 1. The fourth-order valence-electron chi connectivity index (χ4n) is 2.13. The number of benzene rings is 1. The van der Waals surface area contributed by atoms with E-state index in [-0.39, 0.29) is 5.91 Å². The lowest BCUT2D eigenvalue weighted by Crippen LogP contribution is -2.27. The molecule has 0 atom stereocenters. The number of rotatable bonds is 3. The van der Waals surface area contributed by atoms with Gasteiger partial charge in [-0.05, 0) is 30.9 Å². The standard InChI is InChI=1S/C13H18N2O/c14-12-6-2-1-5-11(12)7-8-13(16)15-9-3-4-10-15/h1-2,5-6H,3-4,7-10,14H2. The SMILES string of the molecule is Nc1ccccc1CCC(=O)N1CCCC1. The Balaban J connectivity index is 1.87. The molecule has 3 heteroatoms. The zero-order chi connectivity index (χ0) is 11.4. The quantitative estimate of drug-likeness (QED) is 0.787. The molecule has 2 N–H and O–H groups in total. The van der Waals surface area contributed by atoms with Crippen LogP contribution in [0.4, 0.5) is 5.69 Å². The third-order valence-electron chi connectivity index (χ3n) is 3.12. The zero-order valence-corrected chi connectivity index (χ0v) is 9.48. The molecule has 3 nitrogen and oxygen atoms in total. The molecule has 1 amide bonds. The first-order valence-electron chi connectivity index (χ1n) is 5.88. The Morgan fingerprint density at radius 3 is 2.62 bits per heavy atom. The number of para-hydroxylation sites is 1. The fourth-order valence-corrected chi connectivity index (χ4v) is 2.13. The van der Waals surface area contributed by atoms with Crippen LogP contribution in [0.1, 0.15) is 24.8 Å². The van der Waals surface area contributed by atoms with E-state index in [9.17, 15) is 4.79 Å². The van der Waals surface area contributed by atoms with Crippen LogP contribution in [0.3, 0.4) is 0 Å². The smallest absolute Gasteiger partial charge is 0.222 e. The molecule has 1 aliphatic rings. The van der Waals surface area contributed by atoms with E-state index in [1.807, 2.05) is 29.2 Å². The highest BCUT2D eigenvalue weighted by Crippen LogP contribution is 2.15. The van der Waals surface area contributed by atoms with Crippen LogP contribution < -0.4 is 5.73 Å². The number of nitrogens with two attached hydrogens (primary N) is 1. The van der Waals surface area contributed by atoms with Crippen LogP contribution in [0.5, 0.6) is 0 Å². The molecular weight excluding hydrogens is 200 g/mol. The van der Waals surface area contributed by atoms with Gasteiger partial charge in [-0.2, -0.15) is 0 Å². The van der Waals surface area contributed by atoms with Crippen LogP contribution in [0, 0.1) is 0 Å². The summed E-state index contributed by atoms with van der Waals surface area (Å²) in [5.74, 6) is 0.265. The molecule has 0 aliphatic carbocycles. The molecule has 1 fully saturated rings. The van der Waals surface area contributed by atoms with Gasteiger partial charge in [0, 0.05) is 25.2 Å². The van der Waals surface area contributed by atoms with Crippen molar-refractivity contribution < 1.29 is 4.79 Å². The van der Waals surface area contributed by atoms with Crippen LogP contribution in [-0.4, -0.2) is 23.9 Å². The maximum absolute atomic E-state index is 11.8. The van der Waals surface area contributed by atoms with Gasteiger partial charge < -0.3 is 10.6 Å². The first kappa shape index (κ1) is 11.0. The van der Waals surface area contributed by atoms with E-state index in [0.717, 1.165) is 43.6 Å². The Labute approximate surface area is 96.2 Å². The molecule has 1 aromatic carbocycles. The molecule has 0 saturated carbocycles. The largest absolute Gasteiger partial charge is 0.399 e. The topological polar surface area (TPSA) is 46.3 Å². The Bertz CT molecular complexity index is 370. The predicted molar refractivity (Wildman–Crippen MR) is 65.0 cm³/mol. The Hall–Kier alpha value is -1.51. The lowest BCUT2D eigenvalue weighted by Gasteiger charge is -2.15. The lowest BCUT2D eigenvalue weighted by molar-refractivity contribution is -0.130. The van der Waals surface area contributed by atoms with Crippen LogP contribution in [0.2, 0.25) is 0 Å². The van der Waals surface area contributed by atoms with Crippen LogP contribution in [0.15, 0.2) is 24.3 Å². The second-order valence-electron chi connectivity index (χ2n) is 4.29. The summed E-state index contributed by atoms with van der Waals surface area (Å²) < 4.78 is 0. The number of nitrogens with zero attached hydrogens (tertiary/aromatic N) is 1. The molecule has 1 aromatic rings. The second-order valence-corrected chi connectivity index (χ2v) is 4.29. The minimum atomic E-state index is 0.265. The summed E-state index contributed by atoms with van der Waals surface area (Å²) in [7, 11) is 0. The highest BCUT2D eigenvalue weighted by atomic mass is 16.2.